The molecular formula is C23H21ClF3N5O6S2. The number of nitrogen functional groups attached to an aromatic ring is 1. The van der Waals surface area contributed by atoms with Crippen LogP contribution >= 0.6 is 22.9 Å². The van der Waals surface area contributed by atoms with Gasteiger partial charge in [0.2, 0.25) is 5.91 Å². The van der Waals surface area contributed by atoms with E-state index in [1.54, 1.807) is 23.1 Å². The molecule has 0 radical (unpaired) electrons. The highest BCUT2D eigenvalue weighted by Crippen LogP contribution is 2.30. The van der Waals surface area contributed by atoms with E-state index in [0.717, 1.165) is 44.3 Å². The van der Waals surface area contributed by atoms with Crippen LogP contribution in [0.15, 0.2) is 53.0 Å². The highest BCUT2D eigenvalue weighted by molar-refractivity contribution is 7.88. The second-order valence-corrected chi connectivity index (χ2v) is 11.5. The normalized spacial score (nSPS) is 15.4. The summed E-state index contributed by atoms with van der Waals surface area (Å²) in [6, 6.07) is 11.9. The molecule has 1 aliphatic heterocycles. The number of hydrogen-bond donors (Lipinski definition) is 4. The van der Waals surface area contributed by atoms with E-state index >= 15 is 0 Å². The maximum Gasteiger partial charge on any atom is 0.490 e. The standard InChI is InChI=1S/C13H15N5O.C8H5ClO3S2.C2HF3O2/c14-10-3-4-18(13(10)19)6-8-1-2-9-11(5-8)16-7-17-12(9)15;9-6-2-1-5-3-8(14(10,11)12)13-7(5)4-6;3-2(4,5)1(6)7/h1-2,5,7,10H,3-4,6,14H2,(H2,15,16,17);1-4H,(H,10,11,12);(H,6,7)/t10-;;/m1../s1. The Hall–Kier alpha value is -3.57. The number of fused-ring (bicyclic) bond motifs is 2. The van der Waals surface area contributed by atoms with Crippen LogP contribution in [0.4, 0.5) is 19.0 Å². The number of carboxylic acid groups (broad SMARTS) is 1. The lowest BCUT2D eigenvalue weighted by molar-refractivity contribution is -0.192. The van der Waals surface area contributed by atoms with Gasteiger partial charge in [0.15, 0.2) is 0 Å². The quantitative estimate of drug-likeness (QED) is 0.246. The van der Waals surface area contributed by atoms with Crippen LogP contribution in [0.1, 0.15) is 12.0 Å². The van der Waals surface area contributed by atoms with Crippen LogP contribution < -0.4 is 11.5 Å². The molecule has 17 heteroatoms. The Morgan fingerprint density at radius 2 is 1.85 bits per heavy atom. The summed E-state index contributed by atoms with van der Waals surface area (Å²) >= 11 is 6.73. The maximum absolute atomic E-state index is 11.8. The van der Waals surface area contributed by atoms with Crippen molar-refractivity contribution < 1.29 is 40.8 Å². The van der Waals surface area contributed by atoms with Crippen LogP contribution in [0.3, 0.4) is 0 Å². The first-order valence-electron chi connectivity index (χ1n) is 11.1. The monoisotopic (exact) mass is 619 g/mol. The van der Waals surface area contributed by atoms with Gasteiger partial charge in [-0.15, -0.1) is 11.3 Å². The average molecular weight is 620 g/mol. The molecule has 4 aromatic rings. The lowest BCUT2D eigenvalue weighted by atomic mass is 10.1. The summed E-state index contributed by atoms with van der Waals surface area (Å²) in [5, 5.41) is 9.25. The van der Waals surface area contributed by atoms with Gasteiger partial charge in [0, 0.05) is 28.2 Å². The third-order valence-corrected chi connectivity index (χ3v) is 8.04. The van der Waals surface area contributed by atoms with Crippen molar-refractivity contribution in [3.8, 4) is 0 Å². The van der Waals surface area contributed by atoms with Gasteiger partial charge in [0.25, 0.3) is 0 Å². The molecule has 1 saturated heterocycles. The fourth-order valence-electron chi connectivity index (χ4n) is 3.47. The molecular weight excluding hydrogens is 599 g/mol. The Morgan fingerprint density at radius 3 is 2.42 bits per heavy atom. The van der Waals surface area contributed by atoms with Crippen molar-refractivity contribution in [2.75, 3.05) is 12.3 Å². The Kier molecular flexibility index (Phi) is 9.52. The van der Waals surface area contributed by atoms with E-state index in [9.17, 15) is 26.4 Å². The van der Waals surface area contributed by atoms with E-state index in [1.165, 1.54) is 12.4 Å². The molecule has 0 spiro atoms. The number of nitrogens with two attached hydrogens (primary N) is 2. The van der Waals surface area contributed by atoms with Crippen molar-refractivity contribution >= 4 is 71.7 Å². The second kappa shape index (κ2) is 12.3. The first kappa shape index (κ1) is 31.0. The zero-order valence-electron chi connectivity index (χ0n) is 20.2. The molecule has 6 N–H and O–H groups in total. The van der Waals surface area contributed by atoms with Crippen molar-refractivity contribution in [2.45, 2.75) is 29.4 Å². The molecule has 3 heterocycles. The minimum absolute atomic E-state index is 0.0160. The van der Waals surface area contributed by atoms with Crippen molar-refractivity contribution in [1.29, 1.82) is 0 Å². The number of aromatic nitrogens is 2. The Labute approximate surface area is 233 Å². The van der Waals surface area contributed by atoms with E-state index in [4.69, 9.17) is 37.5 Å². The smallest absolute Gasteiger partial charge is 0.475 e. The maximum atomic E-state index is 11.8. The van der Waals surface area contributed by atoms with Crippen LogP contribution in [0.25, 0.3) is 21.0 Å². The summed E-state index contributed by atoms with van der Waals surface area (Å²) in [5.41, 5.74) is 13.3. The molecule has 0 aliphatic carbocycles. The van der Waals surface area contributed by atoms with Gasteiger partial charge in [-0.2, -0.15) is 21.6 Å². The van der Waals surface area contributed by atoms with E-state index in [0.29, 0.717) is 23.9 Å². The third kappa shape index (κ3) is 7.98. The van der Waals surface area contributed by atoms with Gasteiger partial charge >= 0.3 is 22.3 Å². The molecule has 1 amide bonds. The molecule has 2 aromatic carbocycles. The highest BCUT2D eigenvalue weighted by Gasteiger charge is 2.38. The van der Waals surface area contributed by atoms with Crippen molar-refractivity contribution in [3.05, 3.63) is 59.4 Å². The first-order chi connectivity index (χ1) is 18.6. The topological polar surface area (TPSA) is 190 Å². The molecule has 1 fully saturated rings. The highest BCUT2D eigenvalue weighted by atomic mass is 35.5. The Bertz CT molecular complexity index is 1670. The lowest BCUT2D eigenvalue weighted by Crippen LogP contribution is -2.33. The van der Waals surface area contributed by atoms with E-state index in [-0.39, 0.29) is 16.2 Å². The predicted octanol–water partition coefficient (Wildman–Crippen LogP) is 3.71. The van der Waals surface area contributed by atoms with Gasteiger partial charge in [-0.1, -0.05) is 23.7 Å². The van der Waals surface area contributed by atoms with Gasteiger partial charge in [-0.05, 0) is 47.7 Å². The number of benzene rings is 2. The molecule has 11 nitrogen and oxygen atoms in total. The van der Waals surface area contributed by atoms with Crippen LogP contribution in [0, 0.1) is 0 Å². The van der Waals surface area contributed by atoms with Gasteiger partial charge in [0.1, 0.15) is 16.4 Å². The third-order valence-electron chi connectivity index (χ3n) is 5.40. The van der Waals surface area contributed by atoms with Crippen molar-refractivity contribution in [3.63, 3.8) is 0 Å². The van der Waals surface area contributed by atoms with Crippen LogP contribution in [0.2, 0.25) is 5.02 Å². The van der Waals surface area contributed by atoms with Crippen molar-refractivity contribution in [1.82, 2.24) is 14.9 Å². The number of aliphatic carboxylic acids is 1. The first-order valence-corrected chi connectivity index (χ1v) is 13.7. The lowest BCUT2D eigenvalue weighted by Gasteiger charge is -2.16. The minimum atomic E-state index is -5.08. The largest absolute Gasteiger partial charge is 0.490 e. The van der Waals surface area contributed by atoms with E-state index in [2.05, 4.69) is 9.97 Å². The Balaban J connectivity index is 0.000000185. The number of anilines is 1. The van der Waals surface area contributed by atoms with Gasteiger partial charge in [-0.25, -0.2) is 14.8 Å². The van der Waals surface area contributed by atoms with E-state index < -0.39 is 22.3 Å². The fourth-order valence-corrected chi connectivity index (χ4v) is 5.51. The molecule has 1 aliphatic rings. The minimum Gasteiger partial charge on any atom is -0.475 e. The van der Waals surface area contributed by atoms with E-state index in [1.807, 2.05) is 18.2 Å². The number of carboxylic acids is 1. The number of carbonyl (C=O) groups excluding carboxylic acids is 1. The summed E-state index contributed by atoms with van der Waals surface area (Å²) in [7, 11) is -4.10. The average Bonchev–Trinajstić information content (AvgIpc) is 3.43. The van der Waals surface area contributed by atoms with Crippen LogP contribution in [-0.4, -0.2) is 63.6 Å². The van der Waals surface area contributed by atoms with Crippen LogP contribution in [0.5, 0.6) is 0 Å². The van der Waals surface area contributed by atoms with Gasteiger partial charge in [-0.3, -0.25) is 9.35 Å². The number of thiophene rings is 1. The molecule has 5 rings (SSSR count). The molecule has 0 unspecified atom stereocenters. The SMILES string of the molecule is Nc1ncnc2cc(CN3CC[C@@H](N)C3=O)ccc12.O=C(O)C(F)(F)F.O=S(=O)(O)c1cc2ccc(Cl)cc2s1. The molecule has 40 heavy (non-hydrogen) atoms. The number of likely N-dealkylation sites (tertiary alicyclic amines) is 1. The molecule has 0 bridgehead atoms. The van der Waals surface area contributed by atoms with Gasteiger partial charge < -0.3 is 21.5 Å². The molecule has 2 aromatic heterocycles. The summed E-state index contributed by atoms with van der Waals surface area (Å²) in [4.78, 5) is 30.6. The number of hydrogen-bond acceptors (Lipinski definition) is 9. The zero-order chi connectivity index (χ0) is 29.8. The number of alkyl halides is 3. The molecule has 214 valence electrons. The van der Waals surface area contributed by atoms with Crippen molar-refractivity contribution in [2.24, 2.45) is 5.73 Å². The number of nitrogens with zero attached hydrogens (tertiary/aromatic N) is 3. The second-order valence-electron chi connectivity index (χ2n) is 8.29. The molecule has 0 saturated carbocycles. The number of halogens is 4. The van der Waals surface area contributed by atoms with Crippen LogP contribution in [-0.2, 0) is 26.3 Å². The summed E-state index contributed by atoms with van der Waals surface area (Å²) in [6.07, 6.45) is -2.92. The fraction of sp³-hybridized carbons (Fsp3) is 0.217. The number of amides is 1. The zero-order valence-corrected chi connectivity index (χ0v) is 22.6. The number of rotatable bonds is 3. The summed E-state index contributed by atoms with van der Waals surface area (Å²) < 4.78 is 62.9. The van der Waals surface area contributed by atoms with Gasteiger partial charge in [0.05, 0.1) is 11.6 Å². The summed E-state index contributed by atoms with van der Waals surface area (Å²) in [6.45, 7) is 1.27. The predicted molar refractivity (Wildman–Crippen MR) is 142 cm³/mol. The molecule has 1 atom stereocenters. The summed E-state index contributed by atoms with van der Waals surface area (Å²) in [5.74, 6) is -2.27. The Morgan fingerprint density at radius 1 is 1.18 bits per heavy atom. The number of carbonyl (C=O) groups is 2.